The first-order valence-corrected chi connectivity index (χ1v) is 7.83. The molecule has 0 amide bonds. The van der Waals surface area contributed by atoms with Crippen LogP contribution < -0.4 is 4.90 Å². The number of hydrogen-bond acceptors (Lipinski definition) is 5. The second kappa shape index (κ2) is 5.78. The Kier molecular flexibility index (Phi) is 4.01. The van der Waals surface area contributed by atoms with Crippen LogP contribution in [0.2, 0.25) is 5.28 Å². The van der Waals surface area contributed by atoms with Gasteiger partial charge in [0, 0.05) is 12.6 Å². The van der Waals surface area contributed by atoms with Crippen LogP contribution in [0.25, 0.3) is 0 Å². The van der Waals surface area contributed by atoms with Gasteiger partial charge in [-0.2, -0.15) is 5.26 Å². The van der Waals surface area contributed by atoms with Crippen molar-refractivity contribution in [2.45, 2.75) is 44.1 Å². The summed E-state index contributed by atoms with van der Waals surface area (Å²) in [5, 5.41) is 9.85. The number of nitrogens with zero attached hydrogens (tertiary/aromatic N) is 4. The van der Waals surface area contributed by atoms with Gasteiger partial charge in [-0.25, -0.2) is 9.97 Å². The Morgan fingerprint density at radius 2 is 2.19 bits per heavy atom. The predicted molar refractivity (Wildman–Crippen MR) is 80.4 cm³/mol. The van der Waals surface area contributed by atoms with Crippen molar-refractivity contribution in [1.29, 1.82) is 5.26 Å². The normalized spacial score (nSPS) is 24.8. The Bertz CT molecular complexity index is 565. The Morgan fingerprint density at radius 1 is 1.43 bits per heavy atom. The molecule has 1 saturated heterocycles. The van der Waals surface area contributed by atoms with Crippen LogP contribution in [-0.4, -0.2) is 35.8 Å². The van der Waals surface area contributed by atoms with Crippen LogP contribution in [-0.2, 0) is 10.2 Å². The van der Waals surface area contributed by atoms with Crippen molar-refractivity contribution in [2.75, 3.05) is 24.7 Å². The number of ether oxygens (including phenoxy) is 1. The van der Waals surface area contributed by atoms with Gasteiger partial charge in [-0.1, -0.05) is 12.8 Å². The molecule has 0 radical (unpaired) electrons. The summed E-state index contributed by atoms with van der Waals surface area (Å²) >= 11 is 6.12. The minimum Gasteiger partial charge on any atom is -0.377 e. The molecule has 1 aliphatic carbocycles. The largest absolute Gasteiger partial charge is 0.377 e. The maximum Gasteiger partial charge on any atom is 0.224 e. The van der Waals surface area contributed by atoms with Crippen molar-refractivity contribution < 1.29 is 4.74 Å². The van der Waals surface area contributed by atoms with Gasteiger partial charge in [-0.3, -0.25) is 0 Å². The van der Waals surface area contributed by atoms with E-state index in [1.165, 1.54) is 0 Å². The number of morpholine rings is 1. The lowest BCUT2D eigenvalue weighted by Crippen LogP contribution is -2.44. The summed E-state index contributed by atoms with van der Waals surface area (Å²) in [5.41, 5.74) is 0.285. The SMILES string of the molecule is C[C@@H]1COCCN1c1cc(C2(C#N)CCCC2)nc(Cl)n1. The van der Waals surface area contributed by atoms with Crippen LogP contribution in [0.1, 0.15) is 38.3 Å². The Labute approximate surface area is 129 Å². The first kappa shape index (κ1) is 14.6. The highest BCUT2D eigenvalue weighted by molar-refractivity contribution is 6.28. The summed E-state index contributed by atoms with van der Waals surface area (Å²) in [6.07, 6.45) is 3.85. The molecule has 0 bridgehead atoms. The van der Waals surface area contributed by atoms with Crippen LogP contribution >= 0.6 is 11.6 Å². The fourth-order valence-corrected chi connectivity index (χ4v) is 3.45. The van der Waals surface area contributed by atoms with Gasteiger partial charge in [0.25, 0.3) is 0 Å². The van der Waals surface area contributed by atoms with E-state index in [0.717, 1.165) is 43.7 Å². The summed E-state index contributed by atoms with van der Waals surface area (Å²) in [5.74, 6) is 0.808. The number of rotatable bonds is 2. The Balaban J connectivity index is 1.98. The fraction of sp³-hybridized carbons (Fsp3) is 0.667. The highest BCUT2D eigenvalue weighted by Crippen LogP contribution is 2.40. The zero-order chi connectivity index (χ0) is 14.9. The van der Waals surface area contributed by atoms with Gasteiger partial charge in [0.1, 0.15) is 5.82 Å². The second-order valence-electron chi connectivity index (χ2n) is 5.90. The molecule has 0 spiro atoms. The molecule has 2 aliphatic rings. The van der Waals surface area contributed by atoms with E-state index in [9.17, 15) is 5.26 Å². The van der Waals surface area contributed by atoms with Crippen molar-refractivity contribution in [3.8, 4) is 6.07 Å². The molecule has 2 heterocycles. The number of halogens is 1. The van der Waals surface area contributed by atoms with Crippen LogP contribution in [0.5, 0.6) is 0 Å². The molecule has 3 rings (SSSR count). The van der Waals surface area contributed by atoms with E-state index in [1.807, 2.05) is 6.07 Å². The van der Waals surface area contributed by atoms with E-state index in [-0.39, 0.29) is 11.3 Å². The maximum absolute atomic E-state index is 9.63. The smallest absolute Gasteiger partial charge is 0.224 e. The van der Waals surface area contributed by atoms with Crippen LogP contribution in [0.4, 0.5) is 5.82 Å². The van der Waals surface area contributed by atoms with Gasteiger partial charge >= 0.3 is 0 Å². The number of hydrogen-bond donors (Lipinski definition) is 0. The lowest BCUT2D eigenvalue weighted by Gasteiger charge is -2.34. The molecule has 0 N–H and O–H groups in total. The standard InChI is InChI=1S/C15H19ClN4O/c1-11-9-21-7-6-20(11)13-8-12(18-14(16)19-13)15(10-17)4-2-3-5-15/h8,11H,2-7,9H2,1H3/t11-/m1/s1. The van der Waals surface area contributed by atoms with E-state index in [0.29, 0.717) is 13.2 Å². The molecule has 2 fully saturated rings. The fourth-order valence-electron chi connectivity index (χ4n) is 3.27. The van der Waals surface area contributed by atoms with E-state index in [2.05, 4.69) is 27.9 Å². The minimum absolute atomic E-state index is 0.225. The first-order chi connectivity index (χ1) is 10.1. The topological polar surface area (TPSA) is 62.0 Å². The zero-order valence-corrected chi connectivity index (χ0v) is 12.9. The molecule has 0 unspecified atom stereocenters. The van der Waals surface area contributed by atoms with Gasteiger partial charge < -0.3 is 9.64 Å². The molecular formula is C15H19ClN4O. The summed E-state index contributed by atoms with van der Waals surface area (Å²) in [6, 6.07) is 4.67. The number of nitriles is 1. The summed E-state index contributed by atoms with van der Waals surface area (Å²) in [4.78, 5) is 10.9. The third-order valence-electron chi connectivity index (χ3n) is 4.51. The molecule has 112 valence electrons. The van der Waals surface area contributed by atoms with Gasteiger partial charge in [0.2, 0.25) is 5.28 Å². The molecule has 1 aliphatic heterocycles. The molecule has 6 heteroatoms. The summed E-state index contributed by atoms with van der Waals surface area (Å²) in [7, 11) is 0. The maximum atomic E-state index is 9.63. The zero-order valence-electron chi connectivity index (χ0n) is 12.2. The quantitative estimate of drug-likeness (QED) is 0.786. The molecule has 1 saturated carbocycles. The molecule has 1 aromatic rings. The molecule has 5 nitrogen and oxygen atoms in total. The molecule has 21 heavy (non-hydrogen) atoms. The second-order valence-corrected chi connectivity index (χ2v) is 6.24. The summed E-state index contributed by atoms with van der Waals surface area (Å²) < 4.78 is 5.46. The average Bonchev–Trinajstić information content (AvgIpc) is 2.97. The molecule has 0 aromatic carbocycles. The third-order valence-corrected chi connectivity index (χ3v) is 4.68. The van der Waals surface area contributed by atoms with Crippen molar-refractivity contribution in [3.63, 3.8) is 0 Å². The van der Waals surface area contributed by atoms with Crippen LogP contribution in [0.15, 0.2) is 6.07 Å². The number of aromatic nitrogens is 2. The highest BCUT2D eigenvalue weighted by Gasteiger charge is 2.38. The lowest BCUT2D eigenvalue weighted by molar-refractivity contribution is 0.0985. The van der Waals surface area contributed by atoms with Crippen molar-refractivity contribution in [2.24, 2.45) is 0 Å². The lowest BCUT2D eigenvalue weighted by atomic mass is 9.84. The van der Waals surface area contributed by atoms with Gasteiger partial charge in [0.15, 0.2) is 0 Å². The van der Waals surface area contributed by atoms with Crippen molar-refractivity contribution in [1.82, 2.24) is 9.97 Å². The number of anilines is 1. The van der Waals surface area contributed by atoms with Crippen molar-refractivity contribution in [3.05, 3.63) is 17.0 Å². The minimum atomic E-state index is -0.489. The predicted octanol–water partition coefficient (Wildman–Crippen LogP) is 2.69. The third kappa shape index (κ3) is 2.70. The van der Waals surface area contributed by atoms with E-state index in [1.54, 1.807) is 0 Å². The van der Waals surface area contributed by atoms with E-state index >= 15 is 0 Å². The van der Waals surface area contributed by atoms with E-state index in [4.69, 9.17) is 16.3 Å². The van der Waals surface area contributed by atoms with Gasteiger partial charge in [0.05, 0.1) is 36.4 Å². The highest BCUT2D eigenvalue weighted by atomic mass is 35.5. The average molecular weight is 307 g/mol. The summed E-state index contributed by atoms with van der Waals surface area (Å²) in [6.45, 7) is 4.25. The molecule has 1 aromatic heterocycles. The first-order valence-electron chi connectivity index (χ1n) is 7.45. The van der Waals surface area contributed by atoms with E-state index < -0.39 is 5.41 Å². The molecular weight excluding hydrogens is 288 g/mol. The van der Waals surface area contributed by atoms with Crippen LogP contribution in [0, 0.1) is 11.3 Å². The Morgan fingerprint density at radius 3 is 2.86 bits per heavy atom. The van der Waals surface area contributed by atoms with Gasteiger partial charge in [-0.15, -0.1) is 0 Å². The Hall–Kier alpha value is -1.38. The van der Waals surface area contributed by atoms with Crippen LogP contribution in [0.3, 0.4) is 0 Å². The molecule has 1 atom stereocenters. The van der Waals surface area contributed by atoms with Gasteiger partial charge in [-0.05, 0) is 31.4 Å². The van der Waals surface area contributed by atoms with Crippen molar-refractivity contribution >= 4 is 17.4 Å². The monoisotopic (exact) mass is 306 g/mol.